The van der Waals surface area contributed by atoms with Crippen LogP contribution >= 0.6 is 0 Å². The maximum absolute atomic E-state index is 12.4. The van der Waals surface area contributed by atoms with Crippen LogP contribution in [0.2, 0.25) is 0 Å². The molecule has 158 valence electrons. The van der Waals surface area contributed by atoms with Crippen molar-refractivity contribution in [3.8, 4) is 5.88 Å². The molecule has 1 aromatic heterocycles. The molecule has 0 aromatic carbocycles. The van der Waals surface area contributed by atoms with Gasteiger partial charge in [-0.3, -0.25) is 4.79 Å². The van der Waals surface area contributed by atoms with Crippen molar-refractivity contribution in [3.63, 3.8) is 0 Å². The molecule has 1 saturated carbocycles. The Bertz CT molecular complexity index is 750. The van der Waals surface area contributed by atoms with Gasteiger partial charge in [-0.15, -0.1) is 0 Å². The molecule has 0 saturated heterocycles. The summed E-state index contributed by atoms with van der Waals surface area (Å²) in [5.41, 5.74) is 0.871. The van der Waals surface area contributed by atoms with Gasteiger partial charge in [0.2, 0.25) is 15.9 Å². The zero-order valence-electron chi connectivity index (χ0n) is 16.7. The topological polar surface area (TPSA) is 122 Å². The molecule has 10 heteroatoms. The fraction of sp³-hybridized carbons (Fsp3) is 0.722. The van der Waals surface area contributed by atoms with Gasteiger partial charge >= 0.3 is 0 Å². The summed E-state index contributed by atoms with van der Waals surface area (Å²) in [5.74, 6) is 0.376. The van der Waals surface area contributed by atoms with Gasteiger partial charge in [0.1, 0.15) is 6.33 Å². The Morgan fingerprint density at radius 2 is 2.07 bits per heavy atom. The number of aliphatic hydroxyl groups excluding tert-OH is 1. The van der Waals surface area contributed by atoms with E-state index < -0.39 is 10.0 Å². The third-order valence-electron chi connectivity index (χ3n) is 4.88. The van der Waals surface area contributed by atoms with Crippen LogP contribution in [0.25, 0.3) is 0 Å². The summed E-state index contributed by atoms with van der Waals surface area (Å²) in [5, 5.41) is 9.68. The molecule has 0 bridgehead atoms. The van der Waals surface area contributed by atoms with Crippen LogP contribution in [0.4, 0.5) is 0 Å². The molecule has 0 spiro atoms. The first-order chi connectivity index (χ1) is 13.2. The summed E-state index contributed by atoms with van der Waals surface area (Å²) in [6, 6.07) is 0. The molecular weight excluding hydrogens is 384 g/mol. The molecule has 1 aromatic rings. The molecule has 1 aliphatic rings. The number of sulfonamides is 1. The first kappa shape index (κ1) is 22.5. The summed E-state index contributed by atoms with van der Waals surface area (Å²) in [4.78, 5) is 22.1. The van der Waals surface area contributed by atoms with Crippen LogP contribution in [-0.2, 0) is 14.8 Å². The molecular formula is C18H30N4O5S. The van der Waals surface area contributed by atoms with E-state index in [1.165, 1.54) is 11.2 Å². The number of hydrogen-bond acceptors (Lipinski definition) is 7. The highest BCUT2D eigenvalue weighted by Crippen LogP contribution is 2.36. The number of rotatable bonds is 9. The van der Waals surface area contributed by atoms with Crippen molar-refractivity contribution in [2.45, 2.75) is 44.6 Å². The van der Waals surface area contributed by atoms with Crippen molar-refractivity contribution in [1.82, 2.24) is 19.6 Å². The smallest absolute Gasteiger partial charge is 0.260 e. The molecule has 1 amide bonds. The quantitative estimate of drug-likeness (QED) is 0.604. The van der Waals surface area contributed by atoms with Gasteiger partial charge in [0.15, 0.2) is 6.61 Å². The minimum atomic E-state index is -3.25. The van der Waals surface area contributed by atoms with Gasteiger partial charge in [0.05, 0.1) is 12.4 Å². The molecule has 28 heavy (non-hydrogen) atoms. The van der Waals surface area contributed by atoms with Crippen LogP contribution in [0.3, 0.4) is 0 Å². The second-order valence-electron chi connectivity index (χ2n) is 7.58. The number of likely N-dealkylation sites (N-methyl/N-ethyl adjacent to an activating group) is 1. The predicted octanol–water partition coefficient (Wildman–Crippen LogP) is 0.518. The molecule has 0 aliphatic heterocycles. The van der Waals surface area contributed by atoms with E-state index in [-0.39, 0.29) is 37.0 Å². The molecule has 2 N–H and O–H groups in total. The summed E-state index contributed by atoms with van der Waals surface area (Å²) >= 11 is 0. The summed E-state index contributed by atoms with van der Waals surface area (Å²) < 4.78 is 30.4. The average Bonchev–Trinajstić information content (AvgIpc) is 2.65. The number of carbonyl (C=O) groups is 1. The van der Waals surface area contributed by atoms with E-state index in [0.717, 1.165) is 37.5 Å². The van der Waals surface area contributed by atoms with Crippen LogP contribution in [0.1, 0.15) is 44.1 Å². The van der Waals surface area contributed by atoms with E-state index >= 15 is 0 Å². The van der Waals surface area contributed by atoms with E-state index in [1.807, 2.05) is 6.92 Å². The van der Waals surface area contributed by atoms with Crippen LogP contribution in [0.15, 0.2) is 12.5 Å². The number of ether oxygens (including phenoxy) is 1. The third kappa shape index (κ3) is 7.33. The Morgan fingerprint density at radius 3 is 2.71 bits per heavy atom. The summed E-state index contributed by atoms with van der Waals surface area (Å²) in [6.07, 6.45) is 7.11. The number of aliphatic hydroxyl groups is 1. The Morgan fingerprint density at radius 1 is 1.39 bits per heavy atom. The van der Waals surface area contributed by atoms with Gasteiger partial charge in [0, 0.05) is 31.9 Å². The van der Waals surface area contributed by atoms with Crippen molar-refractivity contribution in [2.24, 2.45) is 5.92 Å². The Balaban J connectivity index is 1.87. The highest BCUT2D eigenvalue weighted by molar-refractivity contribution is 7.88. The Hall–Kier alpha value is -1.78. The lowest BCUT2D eigenvalue weighted by Gasteiger charge is -2.26. The minimum Gasteiger partial charge on any atom is -0.467 e. The first-order valence-electron chi connectivity index (χ1n) is 9.45. The van der Waals surface area contributed by atoms with Gasteiger partial charge in [0.25, 0.3) is 5.91 Å². The zero-order chi connectivity index (χ0) is 20.7. The molecule has 1 atom stereocenters. The second kappa shape index (κ2) is 10.1. The molecule has 1 heterocycles. The zero-order valence-corrected chi connectivity index (χ0v) is 17.5. The van der Waals surface area contributed by atoms with E-state index in [1.54, 1.807) is 13.2 Å². The van der Waals surface area contributed by atoms with Crippen molar-refractivity contribution in [1.29, 1.82) is 0 Å². The standard InChI is InChI=1S/C18H30N4O5S/c1-13(8-21-28(3,25)26)10-22(2)17(24)11-27-18-16(9-19-12-20-18)14-4-6-15(23)7-5-14/h9,12-15,21,23H,4-8,10-11H2,1-3H3. The molecule has 9 nitrogen and oxygen atoms in total. The van der Waals surface area contributed by atoms with Crippen molar-refractivity contribution in [2.75, 3.05) is 33.0 Å². The van der Waals surface area contributed by atoms with Crippen LogP contribution in [0.5, 0.6) is 5.88 Å². The molecule has 1 aliphatic carbocycles. The van der Waals surface area contributed by atoms with E-state index in [9.17, 15) is 18.3 Å². The SMILES string of the molecule is CC(CNS(C)(=O)=O)CN(C)C(=O)COc1ncncc1C1CCC(O)CC1. The second-order valence-corrected chi connectivity index (χ2v) is 9.41. The van der Waals surface area contributed by atoms with Crippen LogP contribution < -0.4 is 9.46 Å². The van der Waals surface area contributed by atoms with Crippen LogP contribution in [0, 0.1) is 5.92 Å². The monoisotopic (exact) mass is 414 g/mol. The number of aromatic nitrogens is 2. The molecule has 1 fully saturated rings. The number of amides is 1. The van der Waals surface area contributed by atoms with E-state index in [4.69, 9.17) is 4.74 Å². The Kier molecular flexibility index (Phi) is 8.14. The van der Waals surface area contributed by atoms with Gasteiger partial charge in [-0.25, -0.2) is 23.1 Å². The largest absolute Gasteiger partial charge is 0.467 e. The lowest BCUT2D eigenvalue weighted by Crippen LogP contribution is -2.38. The highest BCUT2D eigenvalue weighted by Gasteiger charge is 2.25. The lowest BCUT2D eigenvalue weighted by molar-refractivity contribution is -0.132. The number of hydrogen-bond donors (Lipinski definition) is 2. The van der Waals surface area contributed by atoms with Gasteiger partial charge in [-0.2, -0.15) is 0 Å². The first-order valence-corrected chi connectivity index (χ1v) is 11.3. The van der Waals surface area contributed by atoms with Gasteiger partial charge < -0.3 is 14.7 Å². The fourth-order valence-corrected chi connectivity index (χ4v) is 3.87. The maximum atomic E-state index is 12.4. The molecule has 0 radical (unpaired) electrons. The van der Waals surface area contributed by atoms with Gasteiger partial charge in [-0.05, 0) is 37.5 Å². The van der Waals surface area contributed by atoms with Crippen LogP contribution in [-0.4, -0.2) is 73.4 Å². The third-order valence-corrected chi connectivity index (χ3v) is 5.57. The van der Waals surface area contributed by atoms with Crippen molar-refractivity contribution < 1.29 is 23.1 Å². The van der Waals surface area contributed by atoms with Gasteiger partial charge in [-0.1, -0.05) is 6.92 Å². The normalized spacial score (nSPS) is 21.1. The number of carbonyl (C=O) groups excluding carboxylic acids is 1. The van der Waals surface area contributed by atoms with Crippen molar-refractivity contribution in [3.05, 3.63) is 18.1 Å². The average molecular weight is 415 g/mol. The molecule has 2 rings (SSSR count). The predicted molar refractivity (Wildman–Crippen MR) is 104 cm³/mol. The Labute approximate surface area is 166 Å². The summed E-state index contributed by atoms with van der Waals surface area (Å²) in [6.45, 7) is 2.38. The highest BCUT2D eigenvalue weighted by atomic mass is 32.2. The lowest BCUT2D eigenvalue weighted by atomic mass is 9.83. The fourth-order valence-electron chi connectivity index (χ4n) is 3.28. The number of nitrogens with one attached hydrogen (secondary N) is 1. The van der Waals surface area contributed by atoms with E-state index in [2.05, 4.69) is 14.7 Å². The van der Waals surface area contributed by atoms with Crippen molar-refractivity contribution >= 4 is 15.9 Å². The number of nitrogens with zero attached hydrogens (tertiary/aromatic N) is 3. The summed E-state index contributed by atoms with van der Waals surface area (Å²) in [7, 11) is -1.59. The maximum Gasteiger partial charge on any atom is 0.260 e. The molecule has 1 unspecified atom stereocenters. The minimum absolute atomic E-state index is 0.0352. The van der Waals surface area contributed by atoms with E-state index in [0.29, 0.717) is 12.4 Å².